The topological polar surface area (TPSA) is 78.0 Å². The summed E-state index contributed by atoms with van der Waals surface area (Å²) in [4.78, 5) is 27.3. The van der Waals surface area contributed by atoms with Crippen LogP contribution in [0.3, 0.4) is 0 Å². The van der Waals surface area contributed by atoms with E-state index in [9.17, 15) is 14.0 Å². The molecule has 0 unspecified atom stereocenters. The minimum absolute atomic E-state index is 0.0262. The molecule has 1 aromatic carbocycles. The Labute approximate surface area is 133 Å². The van der Waals surface area contributed by atoms with Gasteiger partial charge in [-0.25, -0.2) is 9.37 Å². The number of aldehydes is 1. The lowest BCUT2D eigenvalue weighted by Gasteiger charge is -2.35. The number of rotatable bonds is 2. The first kappa shape index (κ1) is 13.6. The molecule has 0 atom stereocenters. The first-order valence-corrected chi connectivity index (χ1v) is 7.67. The largest absolute Gasteiger partial charge is 0.364 e. The van der Waals surface area contributed by atoms with E-state index < -0.39 is 5.91 Å². The molecule has 0 saturated heterocycles. The van der Waals surface area contributed by atoms with Crippen LogP contribution in [0.5, 0.6) is 0 Å². The van der Waals surface area contributed by atoms with E-state index in [2.05, 4.69) is 20.9 Å². The van der Waals surface area contributed by atoms with Crippen LogP contribution in [0.25, 0.3) is 11.4 Å². The molecule has 2 N–H and O–H groups in total. The van der Waals surface area contributed by atoms with Gasteiger partial charge in [-0.3, -0.25) is 9.59 Å². The normalized spacial score (nSPS) is 21.4. The summed E-state index contributed by atoms with van der Waals surface area (Å²) in [7, 11) is 0. The third-order valence-corrected chi connectivity index (χ3v) is 5.15. The summed E-state index contributed by atoms with van der Waals surface area (Å²) >= 11 is 3.18. The Morgan fingerprint density at radius 3 is 2.82 bits per heavy atom. The molecule has 1 aliphatic carbocycles. The van der Waals surface area contributed by atoms with Crippen LogP contribution < -0.4 is 5.73 Å². The van der Waals surface area contributed by atoms with Gasteiger partial charge in [0.1, 0.15) is 17.3 Å². The number of hydrogen-bond acceptors (Lipinski definition) is 3. The number of halogens is 2. The summed E-state index contributed by atoms with van der Waals surface area (Å²) in [5, 5.41) is 0. The molecule has 7 heteroatoms. The molecular formula is C15H11BrFN3O2. The molecule has 2 aromatic rings. The van der Waals surface area contributed by atoms with Crippen molar-refractivity contribution in [2.24, 2.45) is 5.73 Å². The van der Waals surface area contributed by atoms with E-state index in [0.717, 1.165) is 24.0 Å². The van der Waals surface area contributed by atoms with E-state index in [1.165, 1.54) is 6.07 Å². The summed E-state index contributed by atoms with van der Waals surface area (Å²) in [6, 6.07) is 3.26. The van der Waals surface area contributed by atoms with E-state index in [1.54, 1.807) is 10.6 Å². The van der Waals surface area contributed by atoms with Crippen LogP contribution in [0.2, 0.25) is 0 Å². The lowest BCUT2D eigenvalue weighted by atomic mass is 9.75. The van der Waals surface area contributed by atoms with Crippen LogP contribution in [0.1, 0.15) is 51.3 Å². The quantitative estimate of drug-likeness (QED) is 0.833. The second kappa shape index (κ2) is 4.49. The van der Waals surface area contributed by atoms with Crippen molar-refractivity contribution in [3.8, 4) is 11.4 Å². The second-order valence-electron chi connectivity index (χ2n) is 5.70. The number of amides is 1. The molecule has 0 spiro atoms. The molecule has 112 valence electrons. The van der Waals surface area contributed by atoms with Gasteiger partial charge in [-0.15, -0.1) is 0 Å². The fourth-order valence-corrected chi connectivity index (χ4v) is 3.79. The van der Waals surface area contributed by atoms with Crippen LogP contribution in [0, 0.1) is 5.82 Å². The number of hydrogen-bond donors (Lipinski definition) is 1. The third kappa shape index (κ3) is 1.65. The first-order chi connectivity index (χ1) is 10.5. The highest BCUT2D eigenvalue weighted by atomic mass is 79.9. The fraction of sp³-hybridized carbons (Fsp3) is 0.267. The number of primary amides is 1. The summed E-state index contributed by atoms with van der Waals surface area (Å²) in [6.07, 6.45) is 2.22. The van der Waals surface area contributed by atoms with Crippen LogP contribution in [-0.4, -0.2) is 21.7 Å². The van der Waals surface area contributed by atoms with E-state index in [0.29, 0.717) is 16.6 Å². The second-order valence-corrected chi connectivity index (χ2v) is 6.55. The zero-order chi connectivity index (χ0) is 15.6. The van der Waals surface area contributed by atoms with Gasteiger partial charge in [0, 0.05) is 11.6 Å². The molecule has 22 heavy (non-hydrogen) atoms. The van der Waals surface area contributed by atoms with Crippen molar-refractivity contribution in [2.45, 2.75) is 24.8 Å². The number of carbonyl (C=O) groups excluding carboxylic acids is 2. The molecule has 3 aliphatic rings. The molecule has 1 fully saturated rings. The highest BCUT2D eigenvalue weighted by Gasteiger charge is 2.41. The maximum absolute atomic E-state index is 13.9. The van der Waals surface area contributed by atoms with Crippen molar-refractivity contribution in [2.75, 3.05) is 0 Å². The maximum Gasteiger partial charge on any atom is 0.269 e. The fourth-order valence-electron chi connectivity index (χ4n) is 3.44. The number of benzene rings is 1. The molecule has 0 radical (unpaired) electrons. The van der Waals surface area contributed by atoms with E-state index in [4.69, 9.17) is 5.73 Å². The molecular weight excluding hydrogens is 353 g/mol. The SMILES string of the molecule is NC(=O)c1nc2n(c1C=O)C1CC(C1)c1cc(F)c(Br)cc1-2. The Balaban J connectivity index is 2.07. The molecule has 1 saturated carbocycles. The average Bonchev–Trinajstić information content (AvgIpc) is 2.69. The standard InChI is InChI=1S/C15H11BrFN3O2/c16-10-3-9-8(4-11(10)17)6-1-7(2-6)20-12(5-21)13(14(18)22)19-15(9)20/h3-7H,1-2H2,(H2,18,22). The van der Waals surface area contributed by atoms with Gasteiger partial charge in [0.2, 0.25) is 0 Å². The summed E-state index contributed by atoms with van der Waals surface area (Å²) < 4.78 is 16.0. The van der Waals surface area contributed by atoms with E-state index in [1.807, 2.05) is 0 Å². The van der Waals surface area contributed by atoms with Crippen LogP contribution in [0.4, 0.5) is 4.39 Å². The summed E-state index contributed by atoms with van der Waals surface area (Å²) in [5.74, 6) is -0.299. The van der Waals surface area contributed by atoms with Gasteiger partial charge in [-0.2, -0.15) is 0 Å². The van der Waals surface area contributed by atoms with Crippen molar-refractivity contribution in [1.82, 2.24) is 9.55 Å². The van der Waals surface area contributed by atoms with Gasteiger partial charge >= 0.3 is 0 Å². The Morgan fingerprint density at radius 2 is 2.18 bits per heavy atom. The smallest absolute Gasteiger partial charge is 0.269 e. The number of nitrogens with two attached hydrogens (primary N) is 1. The Hall–Kier alpha value is -2.02. The van der Waals surface area contributed by atoms with Crippen LogP contribution in [0.15, 0.2) is 16.6 Å². The third-order valence-electron chi connectivity index (χ3n) is 4.54. The van der Waals surface area contributed by atoms with E-state index >= 15 is 0 Å². The van der Waals surface area contributed by atoms with Crippen molar-refractivity contribution >= 4 is 28.1 Å². The van der Waals surface area contributed by atoms with E-state index in [-0.39, 0.29) is 29.2 Å². The van der Waals surface area contributed by atoms with Gasteiger partial charge < -0.3 is 10.3 Å². The molecule has 5 nitrogen and oxygen atoms in total. The predicted molar refractivity (Wildman–Crippen MR) is 80.2 cm³/mol. The lowest BCUT2D eigenvalue weighted by molar-refractivity contribution is 0.0986. The van der Waals surface area contributed by atoms with Gasteiger partial charge in [0.15, 0.2) is 12.0 Å². The Morgan fingerprint density at radius 1 is 1.45 bits per heavy atom. The number of nitrogens with zero attached hydrogens (tertiary/aromatic N) is 2. The van der Waals surface area contributed by atoms with Gasteiger partial charge in [0.05, 0.1) is 4.47 Å². The summed E-state index contributed by atoms with van der Waals surface area (Å²) in [6.45, 7) is 0. The first-order valence-electron chi connectivity index (χ1n) is 6.87. The highest BCUT2D eigenvalue weighted by Crippen LogP contribution is 2.53. The van der Waals surface area contributed by atoms with Crippen molar-refractivity contribution in [3.05, 3.63) is 39.4 Å². The highest BCUT2D eigenvalue weighted by molar-refractivity contribution is 9.10. The number of carbonyl (C=O) groups is 2. The van der Waals surface area contributed by atoms with Gasteiger partial charge in [-0.05, 0) is 52.4 Å². The minimum Gasteiger partial charge on any atom is -0.364 e. The zero-order valence-corrected chi connectivity index (χ0v) is 12.9. The van der Waals surface area contributed by atoms with Crippen molar-refractivity contribution in [3.63, 3.8) is 0 Å². The molecule has 2 bridgehead atoms. The Bertz CT molecular complexity index is 840. The summed E-state index contributed by atoms with van der Waals surface area (Å²) in [5.41, 5.74) is 7.13. The number of aromatic nitrogens is 2. The average molecular weight is 364 g/mol. The number of imidazole rings is 1. The lowest BCUT2D eigenvalue weighted by Crippen LogP contribution is -2.25. The van der Waals surface area contributed by atoms with Gasteiger partial charge in [-0.1, -0.05) is 0 Å². The molecule has 3 heterocycles. The zero-order valence-electron chi connectivity index (χ0n) is 11.3. The van der Waals surface area contributed by atoms with Crippen LogP contribution >= 0.6 is 15.9 Å². The molecule has 1 aromatic heterocycles. The molecule has 5 rings (SSSR count). The Kier molecular flexibility index (Phi) is 2.78. The maximum atomic E-state index is 13.9. The van der Waals surface area contributed by atoms with Crippen molar-refractivity contribution in [1.29, 1.82) is 0 Å². The minimum atomic E-state index is -0.735. The molecule has 1 amide bonds. The van der Waals surface area contributed by atoms with Crippen LogP contribution in [-0.2, 0) is 0 Å². The van der Waals surface area contributed by atoms with Gasteiger partial charge in [0.25, 0.3) is 5.91 Å². The monoisotopic (exact) mass is 363 g/mol. The van der Waals surface area contributed by atoms with Crippen molar-refractivity contribution < 1.29 is 14.0 Å². The molecule has 2 aliphatic heterocycles. The predicted octanol–water partition coefficient (Wildman–Crippen LogP) is 2.80.